The van der Waals surface area contributed by atoms with E-state index >= 15 is 0 Å². The van der Waals surface area contributed by atoms with Crippen LogP contribution in [-0.2, 0) is 54.9 Å². The lowest BCUT2D eigenvalue weighted by atomic mass is 9.99. The van der Waals surface area contributed by atoms with Crippen molar-refractivity contribution >= 4 is 47.3 Å². The largest absolute Gasteiger partial charge is 0.487 e. The van der Waals surface area contributed by atoms with Gasteiger partial charge in [0.1, 0.15) is 30.7 Å². The van der Waals surface area contributed by atoms with E-state index in [2.05, 4.69) is 26.3 Å². The third-order valence-electron chi connectivity index (χ3n) is 10.0. The number of imide groups is 1. The number of piperidine rings is 1. The number of nitrogens with one attached hydrogen (secondary N) is 3. The van der Waals surface area contributed by atoms with Crippen molar-refractivity contribution in [2.45, 2.75) is 45.1 Å². The Kier molecular flexibility index (Phi) is 13.9. The average Bonchev–Trinajstić information content (AvgIpc) is 3.88. The highest BCUT2D eigenvalue weighted by atomic mass is 16.5. The van der Waals surface area contributed by atoms with Gasteiger partial charge in [-0.2, -0.15) is 0 Å². The molecule has 5 amide bonds. The van der Waals surface area contributed by atoms with Crippen LogP contribution < -0.4 is 20.7 Å². The number of amides is 5. The highest BCUT2D eigenvalue weighted by Crippen LogP contribution is 2.32. The lowest BCUT2D eigenvalue weighted by Crippen LogP contribution is -2.52. The van der Waals surface area contributed by atoms with E-state index < -0.39 is 23.8 Å². The summed E-state index contributed by atoms with van der Waals surface area (Å²) >= 11 is 0. The Labute approximate surface area is 355 Å². The molecule has 1 fully saturated rings. The SMILES string of the molecule is O=C(O)/C=C/c1cc(C(=O)NCc2ccc(OCc3cn(CCOCCOCC(=O)Nc4cccc5c4CN(C4CCC(=O)NC4=O)C5=O)nn3)cc2)cc(-c2ccccc2)c1. The molecule has 2 aliphatic rings. The molecule has 17 nitrogen and oxygen atoms in total. The van der Waals surface area contributed by atoms with Crippen molar-refractivity contribution in [2.75, 3.05) is 31.7 Å². The lowest BCUT2D eigenvalue weighted by molar-refractivity contribution is -0.137. The number of carboxylic acid groups (broad SMARTS) is 1. The molecule has 4 N–H and O–H groups in total. The average molecular weight is 842 g/mol. The monoisotopic (exact) mass is 841 g/mol. The highest BCUT2D eigenvalue weighted by Gasteiger charge is 2.40. The molecule has 17 heteroatoms. The van der Waals surface area contributed by atoms with E-state index in [1.165, 1.54) is 11.0 Å². The Bertz CT molecular complexity index is 2490. The first kappa shape index (κ1) is 42.6. The summed E-state index contributed by atoms with van der Waals surface area (Å²) in [6.45, 7) is 1.52. The molecule has 4 aromatic carbocycles. The summed E-state index contributed by atoms with van der Waals surface area (Å²) in [6.07, 6.45) is 4.65. The maximum Gasteiger partial charge on any atom is 0.328 e. The zero-order valence-electron chi connectivity index (χ0n) is 33.5. The summed E-state index contributed by atoms with van der Waals surface area (Å²) in [4.78, 5) is 75.3. The molecule has 0 spiro atoms. The predicted octanol–water partition coefficient (Wildman–Crippen LogP) is 3.98. The summed E-state index contributed by atoms with van der Waals surface area (Å²) in [5.41, 5.74) is 5.61. The van der Waals surface area contributed by atoms with Crippen molar-refractivity contribution in [1.29, 1.82) is 0 Å². The standard InChI is InChI=1S/C45H43N7O10/c53-40-15-14-39(44(58)48-40)52-26-37-36(45(52)59)7-4-8-38(37)47-41(54)28-61-20-19-60-18-17-51-25-34(49-50-51)27-62-35-12-9-29(10-13-35)24-46-43(57)33-22-30(11-16-42(55)56)21-32(23-33)31-5-2-1-3-6-31/h1-13,16,21-23,25,39H,14-15,17-20,24,26-28H2,(H,46,57)(H,47,54)(H,55,56)(H,48,53,58)/b16-11+. The van der Waals surface area contributed by atoms with Crippen LogP contribution in [-0.4, -0.2) is 93.0 Å². The van der Waals surface area contributed by atoms with Gasteiger partial charge in [0.2, 0.25) is 17.7 Å². The van der Waals surface area contributed by atoms with Crippen LogP contribution >= 0.6 is 0 Å². The van der Waals surface area contributed by atoms with Gasteiger partial charge < -0.3 is 34.9 Å². The number of nitrogens with zero attached hydrogens (tertiary/aromatic N) is 4. The minimum absolute atomic E-state index is 0.138. The molecule has 2 aliphatic heterocycles. The van der Waals surface area contributed by atoms with E-state index in [0.717, 1.165) is 22.8 Å². The Balaban J connectivity index is 0.782. The Morgan fingerprint density at radius 2 is 1.71 bits per heavy atom. The number of hydrogen-bond donors (Lipinski definition) is 4. The van der Waals surface area contributed by atoms with Crippen molar-refractivity contribution in [3.63, 3.8) is 0 Å². The first-order valence-corrected chi connectivity index (χ1v) is 19.8. The molecule has 5 aromatic rings. The molecule has 0 aliphatic carbocycles. The smallest absolute Gasteiger partial charge is 0.328 e. The van der Waals surface area contributed by atoms with E-state index in [-0.39, 0.29) is 70.1 Å². The minimum Gasteiger partial charge on any atom is -0.487 e. The number of carbonyl (C=O) groups excluding carboxylic acids is 5. The van der Waals surface area contributed by atoms with E-state index in [0.29, 0.717) is 52.5 Å². The van der Waals surface area contributed by atoms with Crippen LogP contribution in [0.1, 0.15) is 55.9 Å². The molecule has 318 valence electrons. The number of aromatic nitrogens is 3. The quantitative estimate of drug-likeness (QED) is 0.0527. The van der Waals surface area contributed by atoms with Gasteiger partial charge in [-0.3, -0.25) is 29.3 Å². The number of fused-ring (bicyclic) bond motifs is 1. The predicted molar refractivity (Wildman–Crippen MR) is 223 cm³/mol. The van der Waals surface area contributed by atoms with Gasteiger partial charge in [0.15, 0.2) is 0 Å². The van der Waals surface area contributed by atoms with Crippen LogP contribution in [0.15, 0.2) is 103 Å². The van der Waals surface area contributed by atoms with E-state index in [4.69, 9.17) is 19.3 Å². The third-order valence-corrected chi connectivity index (χ3v) is 10.0. The van der Waals surface area contributed by atoms with Crippen LogP contribution in [0.25, 0.3) is 17.2 Å². The number of carboxylic acids is 1. The minimum atomic E-state index is -1.08. The number of hydrogen-bond acceptors (Lipinski definition) is 11. The molecule has 1 saturated heterocycles. The van der Waals surface area contributed by atoms with Gasteiger partial charge >= 0.3 is 5.97 Å². The molecule has 62 heavy (non-hydrogen) atoms. The highest BCUT2D eigenvalue weighted by molar-refractivity contribution is 6.07. The third kappa shape index (κ3) is 11.2. The summed E-state index contributed by atoms with van der Waals surface area (Å²) in [7, 11) is 0. The topological polar surface area (TPSA) is 220 Å². The Hall–Kier alpha value is -7.50. The molecule has 0 bridgehead atoms. The fraction of sp³-hybridized carbons (Fsp3) is 0.244. The van der Waals surface area contributed by atoms with E-state index in [1.54, 1.807) is 53.3 Å². The van der Waals surface area contributed by atoms with Gasteiger partial charge in [-0.1, -0.05) is 53.7 Å². The second kappa shape index (κ2) is 20.2. The number of aliphatic carboxylic acids is 1. The molecule has 1 unspecified atom stereocenters. The first-order chi connectivity index (χ1) is 30.1. The Morgan fingerprint density at radius 1 is 0.903 bits per heavy atom. The van der Waals surface area contributed by atoms with Crippen molar-refractivity contribution in [3.05, 3.63) is 137 Å². The Morgan fingerprint density at radius 3 is 2.50 bits per heavy atom. The number of carbonyl (C=O) groups is 6. The van der Waals surface area contributed by atoms with Crippen molar-refractivity contribution < 1.29 is 48.1 Å². The molecule has 3 heterocycles. The van der Waals surface area contributed by atoms with Crippen LogP contribution in [0.4, 0.5) is 5.69 Å². The number of anilines is 1. The number of rotatable bonds is 19. The van der Waals surface area contributed by atoms with E-state index in [9.17, 15) is 28.8 Å². The molecule has 0 radical (unpaired) electrons. The van der Waals surface area contributed by atoms with Crippen molar-refractivity contribution in [3.8, 4) is 16.9 Å². The fourth-order valence-corrected chi connectivity index (χ4v) is 6.93. The second-order valence-corrected chi connectivity index (χ2v) is 14.4. The zero-order chi connectivity index (χ0) is 43.4. The summed E-state index contributed by atoms with van der Waals surface area (Å²) in [6, 6.07) is 26.3. The van der Waals surface area contributed by atoms with Crippen molar-refractivity contribution in [1.82, 2.24) is 30.5 Å². The van der Waals surface area contributed by atoms with Crippen LogP contribution in [0.3, 0.4) is 0 Å². The lowest BCUT2D eigenvalue weighted by Gasteiger charge is -2.29. The zero-order valence-corrected chi connectivity index (χ0v) is 33.5. The maximum atomic E-state index is 13.2. The van der Waals surface area contributed by atoms with Gasteiger partial charge in [0.25, 0.3) is 11.8 Å². The molecular formula is C45H43N7O10. The van der Waals surface area contributed by atoms with Gasteiger partial charge in [0, 0.05) is 48.0 Å². The van der Waals surface area contributed by atoms with Gasteiger partial charge in [-0.05, 0) is 77.2 Å². The van der Waals surface area contributed by atoms with Gasteiger partial charge in [0.05, 0.1) is 32.6 Å². The van der Waals surface area contributed by atoms with Gasteiger partial charge in [-0.25, -0.2) is 9.48 Å². The number of benzene rings is 4. The molecule has 7 rings (SSSR count). The fourth-order valence-electron chi connectivity index (χ4n) is 6.93. The second-order valence-electron chi connectivity index (χ2n) is 14.4. The summed E-state index contributed by atoms with van der Waals surface area (Å²) in [5.74, 6) is -2.37. The van der Waals surface area contributed by atoms with Crippen LogP contribution in [0.2, 0.25) is 0 Å². The number of ether oxygens (including phenoxy) is 3. The molecular weight excluding hydrogens is 799 g/mol. The molecule has 1 aromatic heterocycles. The first-order valence-electron chi connectivity index (χ1n) is 19.8. The maximum absolute atomic E-state index is 13.2. The van der Waals surface area contributed by atoms with Crippen LogP contribution in [0, 0.1) is 0 Å². The van der Waals surface area contributed by atoms with Gasteiger partial charge in [-0.15, -0.1) is 5.10 Å². The normalized spacial score (nSPS) is 14.7. The molecule has 1 atom stereocenters. The molecule has 0 saturated carbocycles. The summed E-state index contributed by atoms with van der Waals surface area (Å²) < 4.78 is 18.6. The van der Waals surface area contributed by atoms with Crippen molar-refractivity contribution in [2.24, 2.45) is 0 Å². The van der Waals surface area contributed by atoms with E-state index in [1.807, 2.05) is 48.5 Å². The summed E-state index contributed by atoms with van der Waals surface area (Å²) in [5, 5.41) is 25.4. The van der Waals surface area contributed by atoms with Crippen LogP contribution in [0.5, 0.6) is 5.75 Å².